The van der Waals surface area contributed by atoms with Crippen LogP contribution in [0.25, 0.3) is 0 Å². The van der Waals surface area contributed by atoms with Crippen LogP contribution in [0.2, 0.25) is 5.02 Å². The van der Waals surface area contributed by atoms with Gasteiger partial charge in [-0.05, 0) is 40.2 Å². The Balaban J connectivity index is 2.02. The molecule has 5 nitrogen and oxygen atoms in total. The number of nitrogens with one attached hydrogen (secondary N) is 1. The first-order chi connectivity index (χ1) is 9.54. The molecule has 102 valence electrons. The van der Waals surface area contributed by atoms with Crippen molar-refractivity contribution < 1.29 is 18.7 Å². The number of ether oxygens (including phenoxy) is 1. The van der Waals surface area contributed by atoms with Crippen molar-refractivity contribution in [3.8, 4) is 5.75 Å². The number of fused-ring (bicyclic) bond motifs is 1. The summed E-state index contributed by atoms with van der Waals surface area (Å²) in [5.74, 6) is -0.0480. The van der Waals surface area contributed by atoms with Crippen LogP contribution >= 0.6 is 27.5 Å². The van der Waals surface area contributed by atoms with E-state index in [9.17, 15) is 9.59 Å². The third kappa shape index (κ3) is 2.32. The molecule has 7 heteroatoms. The van der Waals surface area contributed by atoms with Crippen molar-refractivity contribution in [1.29, 1.82) is 0 Å². The largest absolute Gasteiger partial charge is 0.482 e. The van der Waals surface area contributed by atoms with Gasteiger partial charge in [-0.1, -0.05) is 11.6 Å². The summed E-state index contributed by atoms with van der Waals surface area (Å²) < 4.78 is 10.9. The van der Waals surface area contributed by atoms with Crippen molar-refractivity contribution >= 4 is 44.9 Å². The molecule has 0 bridgehead atoms. The highest BCUT2D eigenvalue weighted by molar-refractivity contribution is 9.10. The van der Waals surface area contributed by atoms with Gasteiger partial charge in [0.05, 0.1) is 10.7 Å². The van der Waals surface area contributed by atoms with E-state index in [0.717, 1.165) is 0 Å². The van der Waals surface area contributed by atoms with E-state index in [0.29, 0.717) is 16.1 Å². The van der Waals surface area contributed by atoms with E-state index in [-0.39, 0.29) is 34.6 Å². The second-order valence-corrected chi connectivity index (χ2v) is 5.29. The number of furan rings is 1. The van der Waals surface area contributed by atoms with Gasteiger partial charge in [0.25, 0.3) is 5.91 Å². The Kier molecular flexibility index (Phi) is 3.27. The van der Waals surface area contributed by atoms with Crippen LogP contribution in [-0.4, -0.2) is 18.3 Å². The standard InChI is InChI=1S/C13H7BrClNO4/c14-11-2-1-9(20-11)13(18)6-3-10-8(4-7(6)15)16-12(17)5-19-10/h1-4H,5H2,(H,16,17). The SMILES string of the molecule is O=C1COc2cc(C(=O)c3ccc(Br)o3)c(Cl)cc2N1. The maximum atomic E-state index is 12.3. The molecule has 0 radical (unpaired) electrons. The zero-order valence-electron chi connectivity index (χ0n) is 9.91. The Bertz CT molecular complexity index is 725. The Labute approximate surface area is 127 Å². The summed E-state index contributed by atoms with van der Waals surface area (Å²) in [6, 6.07) is 6.15. The molecule has 20 heavy (non-hydrogen) atoms. The second-order valence-electron chi connectivity index (χ2n) is 4.10. The smallest absolute Gasteiger partial charge is 0.262 e. The Morgan fingerprint density at radius 3 is 2.85 bits per heavy atom. The lowest BCUT2D eigenvalue weighted by atomic mass is 10.1. The molecular formula is C13H7BrClNO4. The quantitative estimate of drug-likeness (QED) is 0.839. The van der Waals surface area contributed by atoms with Gasteiger partial charge in [-0.25, -0.2) is 0 Å². The number of ketones is 1. The summed E-state index contributed by atoms with van der Waals surface area (Å²) in [7, 11) is 0. The molecule has 0 atom stereocenters. The third-order valence-electron chi connectivity index (χ3n) is 2.74. The minimum absolute atomic E-state index is 0.0887. The molecule has 1 aromatic carbocycles. The van der Waals surface area contributed by atoms with Crippen molar-refractivity contribution in [2.75, 3.05) is 11.9 Å². The van der Waals surface area contributed by atoms with E-state index in [2.05, 4.69) is 21.2 Å². The fraction of sp³-hybridized carbons (Fsp3) is 0.0769. The van der Waals surface area contributed by atoms with Crippen LogP contribution in [0.15, 0.2) is 33.4 Å². The molecule has 1 amide bonds. The highest BCUT2D eigenvalue weighted by Gasteiger charge is 2.23. The van der Waals surface area contributed by atoms with E-state index in [1.165, 1.54) is 12.1 Å². The van der Waals surface area contributed by atoms with Crippen LogP contribution in [0.5, 0.6) is 5.75 Å². The Morgan fingerprint density at radius 1 is 1.35 bits per heavy atom. The average Bonchev–Trinajstić information content (AvgIpc) is 2.84. The number of rotatable bonds is 2. The number of benzene rings is 1. The molecule has 2 heterocycles. The zero-order valence-corrected chi connectivity index (χ0v) is 12.2. The molecule has 3 rings (SSSR count). The Hall–Kier alpha value is -1.79. The average molecular weight is 357 g/mol. The molecule has 1 aromatic heterocycles. The first kappa shape index (κ1) is 13.2. The molecule has 0 unspecified atom stereocenters. The molecule has 1 aliphatic rings. The summed E-state index contributed by atoms with van der Waals surface area (Å²) in [5, 5.41) is 2.83. The van der Waals surface area contributed by atoms with Crippen molar-refractivity contribution in [2.45, 2.75) is 0 Å². The molecular weight excluding hydrogens is 350 g/mol. The Morgan fingerprint density at radius 2 is 2.15 bits per heavy atom. The normalized spacial score (nSPS) is 13.4. The highest BCUT2D eigenvalue weighted by Crippen LogP contribution is 2.34. The third-order valence-corrected chi connectivity index (χ3v) is 3.48. The number of hydrogen-bond donors (Lipinski definition) is 1. The molecule has 0 fully saturated rings. The van der Waals surface area contributed by atoms with E-state index in [1.54, 1.807) is 12.1 Å². The van der Waals surface area contributed by atoms with Crippen LogP contribution in [-0.2, 0) is 4.79 Å². The van der Waals surface area contributed by atoms with E-state index in [1.807, 2.05) is 0 Å². The summed E-state index contributed by atoms with van der Waals surface area (Å²) in [4.78, 5) is 23.5. The van der Waals surface area contributed by atoms with Gasteiger partial charge >= 0.3 is 0 Å². The van der Waals surface area contributed by atoms with Gasteiger partial charge < -0.3 is 14.5 Å². The number of halogens is 2. The monoisotopic (exact) mass is 355 g/mol. The lowest BCUT2D eigenvalue weighted by Crippen LogP contribution is -2.25. The van der Waals surface area contributed by atoms with Gasteiger partial charge in [-0.3, -0.25) is 9.59 Å². The van der Waals surface area contributed by atoms with Gasteiger partial charge in [-0.2, -0.15) is 0 Å². The van der Waals surface area contributed by atoms with E-state index in [4.69, 9.17) is 20.8 Å². The van der Waals surface area contributed by atoms with Crippen LogP contribution in [0, 0.1) is 0 Å². The molecule has 0 spiro atoms. The van der Waals surface area contributed by atoms with Crippen molar-refractivity contribution in [3.63, 3.8) is 0 Å². The lowest BCUT2D eigenvalue weighted by molar-refractivity contribution is -0.118. The molecule has 0 saturated heterocycles. The first-order valence-electron chi connectivity index (χ1n) is 5.61. The van der Waals surface area contributed by atoms with Crippen LogP contribution < -0.4 is 10.1 Å². The minimum Gasteiger partial charge on any atom is -0.482 e. The molecule has 1 N–H and O–H groups in total. The first-order valence-corrected chi connectivity index (χ1v) is 6.78. The van der Waals surface area contributed by atoms with Gasteiger partial charge in [0.2, 0.25) is 5.78 Å². The number of anilines is 1. The maximum Gasteiger partial charge on any atom is 0.262 e. The number of amides is 1. The number of carbonyl (C=O) groups is 2. The topological polar surface area (TPSA) is 68.5 Å². The van der Waals surface area contributed by atoms with E-state index >= 15 is 0 Å². The molecule has 2 aromatic rings. The van der Waals surface area contributed by atoms with Crippen molar-refractivity contribution in [3.05, 3.63) is 45.3 Å². The predicted molar refractivity (Wildman–Crippen MR) is 75.4 cm³/mol. The zero-order chi connectivity index (χ0) is 14.3. The maximum absolute atomic E-state index is 12.3. The van der Waals surface area contributed by atoms with Crippen molar-refractivity contribution in [2.24, 2.45) is 0 Å². The fourth-order valence-electron chi connectivity index (χ4n) is 1.84. The van der Waals surface area contributed by atoms with Crippen molar-refractivity contribution in [1.82, 2.24) is 0 Å². The molecule has 1 aliphatic heterocycles. The van der Waals surface area contributed by atoms with Crippen LogP contribution in [0.1, 0.15) is 16.1 Å². The summed E-state index contributed by atoms with van der Waals surface area (Å²) >= 11 is 9.21. The van der Waals surface area contributed by atoms with Gasteiger partial charge in [0.15, 0.2) is 17.0 Å². The number of hydrogen-bond acceptors (Lipinski definition) is 4. The van der Waals surface area contributed by atoms with Gasteiger partial charge in [-0.15, -0.1) is 0 Å². The predicted octanol–water partition coefficient (Wildman–Crippen LogP) is 3.26. The highest BCUT2D eigenvalue weighted by atomic mass is 79.9. The lowest BCUT2D eigenvalue weighted by Gasteiger charge is -2.19. The summed E-state index contributed by atoms with van der Waals surface area (Å²) in [6.07, 6.45) is 0. The minimum atomic E-state index is -0.357. The molecule has 0 saturated carbocycles. The van der Waals surface area contributed by atoms with Crippen LogP contribution in [0.4, 0.5) is 5.69 Å². The summed E-state index contributed by atoms with van der Waals surface area (Å²) in [5.41, 5.74) is 0.701. The molecule has 0 aliphatic carbocycles. The van der Waals surface area contributed by atoms with E-state index < -0.39 is 0 Å². The van der Waals surface area contributed by atoms with Crippen LogP contribution in [0.3, 0.4) is 0 Å². The van der Waals surface area contributed by atoms with Gasteiger partial charge in [0.1, 0.15) is 5.75 Å². The van der Waals surface area contributed by atoms with Gasteiger partial charge in [0, 0.05) is 5.56 Å². The number of carbonyl (C=O) groups excluding carboxylic acids is 2. The second kappa shape index (κ2) is 4.96. The summed E-state index contributed by atoms with van der Waals surface area (Å²) in [6.45, 7) is -0.0887. The fourth-order valence-corrected chi connectivity index (χ4v) is 2.40.